The summed E-state index contributed by atoms with van der Waals surface area (Å²) in [6.45, 7) is 1.52. The van der Waals surface area contributed by atoms with Crippen LogP contribution in [-0.2, 0) is 4.79 Å². The van der Waals surface area contributed by atoms with Gasteiger partial charge in [-0.1, -0.05) is 30.3 Å². The van der Waals surface area contributed by atoms with Crippen molar-refractivity contribution in [1.29, 1.82) is 0 Å². The van der Waals surface area contributed by atoms with Gasteiger partial charge in [-0.2, -0.15) is 0 Å². The zero-order valence-electron chi connectivity index (χ0n) is 20.1. The molecule has 1 atom stereocenters. The number of amides is 1. The van der Waals surface area contributed by atoms with Gasteiger partial charge in [0.1, 0.15) is 22.3 Å². The minimum atomic E-state index is -0.710. The van der Waals surface area contributed by atoms with E-state index < -0.39 is 6.10 Å². The van der Waals surface area contributed by atoms with Crippen LogP contribution in [0.15, 0.2) is 72.1 Å². The Morgan fingerprint density at radius 2 is 1.83 bits per heavy atom. The molecule has 36 heavy (non-hydrogen) atoms. The molecule has 7 nitrogen and oxygen atoms in total. The van der Waals surface area contributed by atoms with E-state index in [4.69, 9.17) is 19.2 Å². The minimum Gasteiger partial charge on any atom is -0.497 e. The van der Waals surface area contributed by atoms with Crippen LogP contribution < -0.4 is 19.1 Å². The summed E-state index contributed by atoms with van der Waals surface area (Å²) >= 11 is 1.55. The van der Waals surface area contributed by atoms with Crippen molar-refractivity contribution in [2.45, 2.75) is 13.0 Å². The van der Waals surface area contributed by atoms with Gasteiger partial charge < -0.3 is 14.2 Å². The van der Waals surface area contributed by atoms with Crippen molar-refractivity contribution in [2.75, 3.05) is 25.7 Å². The van der Waals surface area contributed by atoms with Crippen molar-refractivity contribution in [3.63, 3.8) is 0 Å². The fourth-order valence-electron chi connectivity index (χ4n) is 4.11. The average Bonchev–Trinajstić information content (AvgIpc) is 3.41. The normalized spacial score (nSPS) is 14.7. The maximum atomic E-state index is 13.3. The largest absolute Gasteiger partial charge is 0.497 e. The Labute approximate surface area is 212 Å². The van der Waals surface area contributed by atoms with Gasteiger partial charge in [0.05, 0.1) is 37.7 Å². The highest BCUT2D eigenvalue weighted by atomic mass is 32.1. The van der Waals surface area contributed by atoms with Crippen LogP contribution in [0.2, 0.25) is 0 Å². The van der Waals surface area contributed by atoms with Gasteiger partial charge in [0, 0.05) is 22.6 Å². The number of carbonyl (C=O) groups excluding carboxylic acids is 2. The Morgan fingerprint density at radius 1 is 1.03 bits per heavy atom. The molecular weight excluding hydrogens is 476 g/mol. The number of anilines is 1. The van der Waals surface area contributed by atoms with E-state index in [2.05, 4.69) is 0 Å². The highest BCUT2D eigenvalue weighted by molar-refractivity contribution is 7.13. The van der Waals surface area contributed by atoms with Crippen LogP contribution in [0.3, 0.4) is 0 Å². The van der Waals surface area contributed by atoms with Crippen molar-refractivity contribution < 1.29 is 23.8 Å². The molecule has 0 bridgehead atoms. The number of Topliss-reactive ketones (excluding diaryl/α,β-unsaturated/α-hetero) is 1. The Bertz CT molecular complexity index is 1430. The summed E-state index contributed by atoms with van der Waals surface area (Å²) in [6.07, 6.45) is -0.710. The smallest absolute Gasteiger partial charge is 0.268 e. The topological polar surface area (TPSA) is 78.0 Å². The molecule has 4 aromatic rings. The Hall–Kier alpha value is -4.17. The molecule has 0 spiro atoms. The summed E-state index contributed by atoms with van der Waals surface area (Å²) in [5, 5.41) is 2.89. The first kappa shape index (κ1) is 23.6. The number of methoxy groups -OCH3 is 2. The second-order valence-corrected chi connectivity index (χ2v) is 9.12. The second-order valence-electron chi connectivity index (χ2n) is 8.26. The van der Waals surface area contributed by atoms with Gasteiger partial charge in [-0.3, -0.25) is 14.5 Å². The predicted molar refractivity (Wildman–Crippen MR) is 139 cm³/mol. The fourth-order valence-corrected chi connectivity index (χ4v) is 4.94. The van der Waals surface area contributed by atoms with Crippen molar-refractivity contribution in [3.8, 4) is 39.1 Å². The first-order chi connectivity index (χ1) is 17.5. The predicted octanol–water partition coefficient (Wildman–Crippen LogP) is 5.49. The van der Waals surface area contributed by atoms with Crippen LogP contribution in [0.5, 0.6) is 17.2 Å². The number of benzene rings is 3. The van der Waals surface area contributed by atoms with Crippen molar-refractivity contribution in [3.05, 3.63) is 77.7 Å². The van der Waals surface area contributed by atoms with Crippen LogP contribution >= 0.6 is 11.3 Å². The molecule has 0 saturated carbocycles. The Kier molecular flexibility index (Phi) is 6.43. The lowest BCUT2D eigenvalue weighted by Crippen LogP contribution is -2.46. The molecule has 1 unspecified atom stereocenters. The number of nitrogens with zero attached hydrogens (tertiary/aromatic N) is 2. The Balaban J connectivity index is 1.48. The molecule has 1 aliphatic heterocycles. The summed E-state index contributed by atoms with van der Waals surface area (Å²) < 4.78 is 16.5. The summed E-state index contributed by atoms with van der Waals surface area (Å²) in [6, 6.07) is 20.5. The van der Waals surface area contributed by atoms with Gasteiger partial charge in [0.2, 0.25) is 0 Å². The summed E-state index contributed by atoms with van der Waals surface area (Å²) in [5.41, 5.74) is 3.56. The van der Waals surface area contributed by atoms with E-state index in [1.54, 1.807) is 43.6 Å². The molecule has 0 fully saturated rings. The van der Waals surface area contributed by atoms with Gasteiger partial charge in [-0.25, -0.2) is 4.98 Å². The summed E-state index contributed by atoms with van der Waals surface area (Å²) in [7, 11) is 3.04. The number of carbonyl (C=O) groups is 2. The highest BCUT2D eigenvalue weighted by Gasteiger charge is 2.34. The number of ether oxygens (including phenoxy) is 3. The third-order valence-electron chi connectivity index (χ3n) is 6.00. The van der Waals surface area contributed by atoms with E-state index in [1.165, 1.54) is 12.0 Å². The minimum absolute atomic E-state index is 0.155. The third-order valence-corrected chi connectivity index (χ3v) is 6.89. The SMILES string of the molecule is COc1ccc(C(=O)CN2C(=O)C(C)Oc3ccc(-c4csc(-c5ccccc5)n4)cc32)c(OC)c1. The number of hydrogen-bond donors (Lipinski definition) is 0. The van der Waals surface area contributed by atoms with Crippen molar-refractivity contribution >= 4 is 28.7 Å². The average molecular weight is 501 g/mol. The van der Waals surface area contributed by atoms with E-state index in [1.807, 2.05) is 53.9 Å². The number of ketones is 1. The van der Waals surface area contributed by atoms with Gasteiger partial charge >= 0.3 is 0 Å². The molecule has 5 rings (SSSR count). The molecule has 1 amide bonds. The zero-order chi connectivity index (χ0) is 25.2. The lowest BCUT2D eigenvalue weighted by molar-refractivity contribution is -0.125. The van der Waals surface area contributed by atoms with Crippen LogP contribution in [0.1, 0.15) is 17.3 Å². The molecule has 0 saturated heterocycles. The lowest BCUT2D eigenvalue weighted by Gasteiger charge is -2.33. The van der Waals surface area contributed by atoms with E-state index in [9.17, 15) is 9.59 Å². The van der Waals surface area contributed by atoms with Crippen LogP contribution in [-0.4, -0.2) is 43.5 Å². The van der Waals surface area contributed by atoms with E-state index in [0.717, 1.165) is 21.8 Å². The molecule has 1 aliphatic rings. The monoisotopic (exact) mass is 500 g/mol. The third kappa shape index (κ3) is 4.43. The quantitative estimate of drug-likeness (QED) is 0.312. The van der Waals surface area contributed by atoms with Crippen LogP contribution in [0.25, 0.3) is 21.8 Å². The number of thiazole rings is 1. The molecule has 1 aromatic heterocycles. The first-order valence-corrected chi connectivity index (χ1v) is 12.2. The number of rotatable bonds is 7. The first-order valence-electron chi connectivity index (χ1n) is 11.4. The van der Waals surface area contributed by atoms with E-state index >= 15 is 0 Å². The lowest BCUT2D eigenvalue weighted by atomic mass is 10.1. The molecule has 0 radical (unpaired) electrons. The molecule has 8 heteroatoms. The van der Waals surface area contributed by atoms with Crippen LogP contribution in [0, 0.1) is 0 Å². The maximum absolute atomic E-state index is 13.3. The summed E-state index contributed by atoms with van der Waals surface area (Å²) in [5.74, 6) is 0.960. The molecular formula is C28H24N2O5S. The highest BCUT2D eigenvalue weighted by Crippen LogP contribution is 2.39. The maximum Gasteiger partial charge on any atom is 0.268 e. The van der Waals surface area contributed by atoms with Crippen molar-refractivity contribution in [2.24, 2.45) is 0 Å². The Morgan fingerprint density at radius 3 is 2.58 bits per heavy atom. The molecule has 0 N–H and O–H groups in total. The van der Waals surface area contributed by atoms with Gasteiger partial charge in [0.25, 0.3) is 5.91 Å². The van der Waals surface area contributed by atoms with Crippen molar-refractivity contribution in [1.82, 2.24) is 4.98 Å². The number of aromatic nitrogens is 1. The number of fused-ring (bicyclic) bond motifs is 1. The van der Waals surface area contributed by atoms with E-state index in [-0.39, 0.29) is 18.2 Å². The summed E-state index contributed by atoms with van der Waals surface area (Å²) in [4.78, 5) is 32.7. The number of hydrogen-bond acceptors (Lipinski definition) is 7. The molecule has 182 valence electrons. The van der Waals surface area contributed by atoms with Gasteiger partial charge in [0.15, 0.2) is 11.9 Å². The molecule has 3 aromatic carbocycles. The standard InChI is InChI=1S/C28H24N2O5S/c1-17-28(32)30(15-24(31)21-11-10-20(33-2)14-26(21)34-3)23-13-19(9-12-25(23)35-17)22-16-36-27(29-22)18-7-5-4-6-8-18/h4-14,16-17H,15H2,1-3H3. The van der Waals surface area contributed by atoms with E-state index in [0.29, 0.717) is 28.5 Å². The molecule has 2 heterocycles. The zero-order valence-corrected chi connectivity index (χ0v) is 20.9. The van der Waals surface area contributed by atoms with Gasteiger partial charge in [-0.15, -0.1) is 11.3 Å². The van der Waals surface area contributed by atoms with Gasteiger partial charge in [-0.05, 0) is 37.3 Å². The molecule has 0 aliphatic carbocycles. The van der Waals surface area contributed by atoms with Crippen LogP contribution in [0.4, 0.5) is 5.69 Å². The fraction of sp³-hybridized carbons (Fsp3) is 0.179. The second kappa shape index (κ2) is 9.83.